The topological polar surface area (TPSA) is 38.1 Å². The van der Waals surface area contributed by atoms with Gasteiger partial charge in [-0.05, 0) is 37.6 Å². The molecule has 0 bridgehead atoms. The van der Waals surface area contributed by atoms with Gasteiger partial charge in [-0.1, -0.05) is 18.2 Å². The Kier molecular flexibility index (Phi) is 4.93. The molecule has 0 saturated heterocycles. The number of hydrogen-bond donors (Lipinski definition) is 0. The van der Waals surface area contributed by atoms with Crippen LogP contribution in [0.5, 0.6) is 0 Å². The molecule has 0 aliphatic carbocycles. The van der Waals surface area contributed by atoms with E-state index in [0.29, 0.717) is 5.56 Å². The molecule has 0 aliphatic rings. The minimum Gasteiger partial charge on any atom is -0.372 e. The lowest BCUT2D eigenvalue weighted by Crippen LogP contribution is -2.21. The largest absolute Gasteiger partial charge is 0.372 e. The summed E-state index contributed by atoms with van der Waals surface area (Å²) >= 11 is 0. The number of aromatic nitrogens is 2. The van der Waals surface area contributed by atoms with Crippen molar-refractivity contribution >= 4 is 17.5 Å². The highest BCUT2D eigenvalue weighted by molar-refractivity contribution is 6.06. The van der Waals surface area contributed by atoms with Crippen molar-refractivity contribution in [2.75, 3.05) is 18.0 Å². The zero-order chi connectivity index (χ0) is 15.2. The molecule has 0 spiro atoms. The number of anilines is 1. The molecule has 0 radical (unpaired) electrons. The fraction of sp³-hybridized carbons (Fsp3) is 0.294. The molecule has 1 heterocycles. The molecule has 4 nitrogen and oxygen atoms in total. The van der Waals surface area contributed by atoms with Gasteiger partial charge in [0.05, 0.1) is 11.8 Å². The minimum atomic E-state index is -0.0316. The molecule has 0 atom stereocenters. The van der Waals surface area contributed by atoms with Crippen molar-refractivity contribution in [2.24, 2.45) is 7.05 Å². The smallest absolute Gasteiger partial charge is 0.189 e. The van der Waals surface area contributed by atoms with Crippen LogP contribution >= 0.6 is 0 Å². The number of carbonyl (C=O) groups is 1. The molecule has 2 aromatic rings. The summed E-state index contributed by atoms with van der Waals surface area (Å²) in [5.41, 5.74) is 2.83. The number of carbonyl (C=O) groups excluding carboxylic acids is 1. The molecule has 0 aliphatic heterocycles. The van der Waals surface area contributed by atoms with Crippen molar-refractivity contribution in [3.8, 4) is 0 Å². The molecule has 0 unspecified atom stereocenters. The van der Waals surface area contributed by atoms with E-state index >= 15 is 0 Å². The Hall–Kier alpha value is -2.36. The first-order valence-electron chi connectivity index (χ1n) is 7.20. The first kappa shape index (κ1) is 15.0. The van der Waals surface area contributed by atoms with Crippen LogP contribution in [0.2, 0.25) is 0 Å². The second-order valence-electron chi connectivity index (χ2n) is 4.86. The number of nitrogens with zero attached hydrogens (tertiary/aromatic N) is 3. The van der Waals surface area contributed by atoms with Gasteiger partial charge in [0.1, 0.15) is 0 Å². The molecule has 4 heteroatoms. The summed E-state index contributed by atoms with van der Waals surface area (Å²) in [6, 6.07) is 8.23. The Morgan fingerprint density at radius 2 is 1.90 bits per heavy atom. The number of rotatable bonds is 6. The minimum absolute atomic E-state index is 0.0316. The van der Waals surface area contributed by atoms with Gasteiger partial charge in [0, 0.05) is 32.0 Å². The zero-order valence-corrected chi connectivity index (χ0v) is 12.8. The van der Waals surface area contributed by atoms with Crippen molar-refractivity contribution in [3.05, 3.63) is 53.9 Å². The second kappa shape index (κ2) is 6.88. The lowest BCUT2D eigenvalue weighted by molar-refractivity contribution is 0.104. The molecule has 2 rings (SSSR count). The number of hydrogen-bond acceptors (Lipinski definition) is 3. The van der Waals surface area contributed by atoms with Gasteiger partial charge < -0.3 is 4.90 Å². The van der Waals surface area contributed by atoms with E-state index < -0.39 is 0 Å². The third-order valence-corrected chi connectivity index (χ3v) is 3.44. The van der Waals surface area contributed by atoms with Gasteiger partial charge in [0.2, 0.25) is 0 Å². The van der Waals surface area contributed by atoms with Crippen LogP contribution < -0.4 is 4.90 Å². The van der Waals surface area contributed by atoms with Crippen LogP contribution in [0.15, 0.2) is 42.7 Å². The monoisotopic (exact) mass is 283 g/mol. The molecule has 21 heavy (non-hydrogen) atoms. The number of allylic oxidation sites excluding steroid dienone is 1. The van der Waals surface area contributed by atoms with Crippen LogP contribution in [0.4, 0.5) is 5.69 Å². The van der Waals surface area contributed by atoms with E-state index in [1.54, 1.807) is 30.2 Å². The Labute approximate surface area is 125 Å². The number of aryl methyl sites for hydroxylation is 1. The summed E-state index contributed by atoms with van der Waals surface area (Å²) in [6.45, 7) is 6.27. The summed E-state index contributed by atoms with van der Waals surface area (Å²) in [6.07, 6.45) is 6.72. The molecule has 0 saturated carbocycles. The van der Waals surface area contributed by atoms with E-state index in [1.165, 1.54) is 5.69 Å². The number of benzene rings is 1. The summed E-state index contributed by atoms with van der Waals surface area (Å²) in [4.78, 5) is 14.2. The maximum Gasteiger partial charge on any atom is 0.189 e. The molecule has 1 aromatic heterocycles. The van der Waals surface area contributed by atoms with Gasteiger partial charge >= 0.3 is 0 Å². The molecular weight excluding hydrogens is 262 g/mol. The number of ketones is 1. The predicted molar refractivity (Wildman–Crippen MR) is 86.6 cm³/mol. The molecule has 110 valence electrons. The van der Waals surface area contributed by atoms with Crippen LogP contribution in [0.3, 0.4) is 0 Å². The SMILES string of the molecule is CCN(CC)c1ccc(/C=C/C(=O)c2cnn(C)c2)cc1. The Bertz CT molecular complexity index is 622. The van der Waals surface area contributed by atoms with Crippen LogP contribution in [0, 0.1) is 0 Å². The lowest BCUT2D eigenvalue weighted by atomic mass is 10.1. The van der Waals surface area contributed by atoms with Gasteiger partial charge in [-0.2, -0.15) is 5.10 Å². The van der Waals surface area contributed by atoms with Crippen molar-refractivity contribution < 1.29 is 4.79 Å². The fourth-order valence-corrected chi connectivity index (χ4v) is 2.20. The van der Waals surface area contributed by atoms with E-state index in [2.05, 4.69) is 36.0 Å². The van der Waals surface area contributed by atoms with Crippen LogP contribution in [-0.2, 0) is 7.05 Å². The Morgan fingerprint density at radius 1 is 1.24 bits per heavy atom. The van der Waals surface area contributed by atoms with Crippen LogP contribution in [-0.4, -0.2) is 28.7 Å². The van der Waals surface area contributed by atoms with Crippen molar-refractivity contribution in [3.63, 3.8) is 0 Å². The summed E-state index contributed by atoms with van der Waals surface area (Å²) in [5.74, 6) is -0.0316. The van der Waals surface area contributed by atoms with E-state index in [1.807, 2.05) is 18.2 Å². The van der Waals surface area contributed by atoms with Gasteiger partial charge in [0.15, 0.2) is 5.78 Å². The van der Waals surface area contributed by atoms with Crippen LogP contribution in [0.1, 0.15) is 29.8 Å². The highest BCUT2D eigenvalue weighted by Gasteiger charge is 2.04. The average molecular weight is 283 g/mol. The second-order valence-corrected chi connectivity index (χ2v) is 4.86. The third-order valence-electron chi connectivity index (χ3n) is 3.44. The molecule has 0 amide bonds. The zero-order valence-electron chi connectivity index (χ0n) is 12.8. The average Bonchev–Trinajstić information content (AvgIpc) is 2.94. The third kappa shape index (κ3) is 3.81. The lowest BCUT2D eigenvalue weighted by Gasteiger charge is -2.20. The van der Waals surface area contributed by atoms with Gasteiger partial charge in [-0.15, -0.1) is 0 Å². The maximum atomic E-state index is 12.0. The Balaban J connectivity index is 2.06. The van der Waals surface area contributed by atoms with Gasteiger partial charge in [-0.3, -0.25) is 9.48 Å². The maximum absolute atomic E-state index is 12.0. The van der Waals surface area contributed by atoms with E-state index in [9.17, 15) is 4.79 Å². The molecular formula is C17H21N3O. The van der Waals surface area contributed by atoms with Crippen molar-refractivity contribution in [1.82, 2.24) is 9.78 Å². The van der Waals surface area contributed by atoms with E-state index in [0.717, 1.165) is 18.7 Å². The quantitative estimate of drug-likeness (QED) is 0.604. The van der Waals surface area contributed by atoms with E-state index in [-0.39, 0.29) is 5.78 Å². The summed E-state index contributed by atoms with van der Waals surface area (Å²) in [5, 5.41) is 4.00. The summed E-state index contributed by atoms with van der Waals surface area (Å²) < 4.78 is 1.62. The first-order valence-corrected chi connectivity index (χ1v) is 7.20. The fourth-order valence-electron chi connectivity index (χ4n) is 2.20. The highest BCUT2D eigenvalue weighted by Crippen LogP contribution is 2.15. The van der Waals surface area contributed by atoms with Gasteiger partial charge in [0.25, 0.3) is 0 Å². The molecule has 0 fully saturated rings. The highest BCUT2D eigenvalue weighted by atomic mass is 16.1. The Morgan fingerprint density at radius 3 is 2.43 bits per heavy atom. The predicted octanol–water partition coefficient (Wildman–Crippen LogP) is 3.16. The molecule has 1 aromatic carbocycles. The molecule has 0 N–H and O–H groups in total. The van der Waals surface area contributed by atoms with Crippen molar-refractivity contribution in [2.45, 2.75) is 13.8 Å². The summed E-state index contributed by atoms with van der Waals surface area (Å²) in [7, 11) is 1.80. The van der Waals surface area contributed by atoms with E-state index in [4.69, 9.17) is 0 Å². The van der Waals surface area contributed by atoms with Crippen molar-refractivity contribution in [1.29, 1.82) is 0 Å². The normalized spacial score (nSPS) is 11.0. The standard InChI is InChI=1S/C17H21N3O/c1-4-20(5-2)16-9-6-14(7-10-16)8-11-17(21)15-12-18-19(3)13-15/h6-13H,4-5H2,1-3H3/b11-8+. The first-order chi connectivity index (χ1) is 10.1. The van der Waals surface area contributed by atoms with Crippen LogP contribution in [0.25, 0.3) is 6.08 Å². The van der Waals surface area contributed by atoms with Gasteiger partial charge in [-0.25, -0.2) is 0 Å².